The Hall–Kier alpha value is -0.510. The van der Waals surface area contributed by atoms with Gasteiger partial charge < -0.3 is 10.6 Å². The van der Waals surface area contributed by atoms with Crippen molar-refractivity contribution < 1.29 is 0 Å². The lowest BCUT2D eigenvalue weighted by atomic mass is 10.0. The number of hydrogen-bond donors (Lipinski definition) is 1. The van der Waals surface area contributed by atoms with Crippen LogP contribution >= 0.6 is 11.8 Å². The molecule has 1 saturated heterocycles. The molecule has 100 valence electrons. The highest BCUT2D eigenvalue weighted by molar-refractivity contribution is 7.99. The maximum Gasteiger partial charge on any atom is 0.0307 e. The smallest absolute Gasteiger partial charge is 0.0307 e. The summed E-state index contributed by atoms with van der Waals surface area (Å²) < 4.78 is 0. The predicted molar refractivity (Wildman–Crippen MR) is 80.1 cm³/mol. The summed E-state index contributed by atoms with van der Waals surface area (Å²) in [6, 6.07) is 8.95. The van der Waals surface area contributed by atoms with Crippen LogP contribution in [-0.2, 0) is 0 Å². The van der Waals surface area contributed by atoms with E-state index < -0.39 is 0 Å². The lowest BCUT2D eigenvalue weighted by Crippen LogP contribution is -2.24. The van der Waals surface area contributed by atoms with Crippen molar-refractivity contribution in [3.8, 4) is 0 Å². The zero-order chi connectivity index (χ0) is 12.8. The number of likely N-dealkylation sites (tertiary alicyclic amines) is 1. The highest BCUT2D eigenvalue weighted by atomic mass is 32.2. The summed E-state index contributed by atoms with van der Waals surface area (Å²) in [6.45, 7) is 5.85. The monoisotopic (exact) mass is 264 g/mol. The van der Waals surface area contributed by atoms with E-state index in [0.717, 1.165) is 18.7 Å². The first-order valence-corrected chi connectivity index (χ1v) is 7.99. The molecule has 1 unspecified atom stereocenters. The SMILES string of the molecule is CCSc1ccc(C(N)CCN2CCCC2)cc1. The third-order valence-corrected chi connectivity index (χ3v) is 4.47. The van der Waals surface area contributed by atoms with Crippen molar-refractivity contribution in [1.29, 1.82) is 0 Å². The van der Waals surface area contributed by atoms with Crippen LogP contribution in [0.25, 0.3) is 0 Å². The van der Waals surface area contributed by atoms with Crippen molar-refractivity contribution >= 4 is 11.8 Å². The van der Waals surface area contributed by atoms with Crippen molar-refractivity contribution in [3.05, 3.63) is 29.8 Å². The molecule has 1 aliphatic heterocycles. The van der Waals surface area contributed by atoms with Gasteiger partial charge in [0, 0.05) is 10.9 Å². The fourth-order valence-corrected chi connectivity index (χ4v) is 3.13. The minimum absolute atomic E-state index is 0.186. The van der Waals surface area contributed by atoms with Crippen LogP contribution in [-0.4, -0.2) is 30.3 Å². The standard InChI is InChI=1S/C15H24N2S/c1-2-18-14-7-5-13(6-8-14)15(16)9-12-17-10-3-4-11-17/h5-8,15H,2-4,9-12,16H2,1H3. The summed E-state index contributed by atoms with van der Waals surface area (Å²) in [5.74, 6) is 1.13. The van der Waals surface area contributed by atoms with E-state index >= 15 is 0 Å². The van der Waals surface area contributed by atoms with E-state index in [1.54, 1.807) is 0 Å². The van der Waals surface area contributed by atoms with Gasteiger partial charge in [0.15, 0.2) is 0 Å². The van der Waals surface area contributed by atoms with Gasteiger partial charge in [0.1, 0.15) is 0 Å². The van der Waals surface area contributed by atoms with Crippen LogP contribution < -0.4 is 5.73 Å². The summed E-state index contributed by atoms with van der Waals surface area (Å²) in [5.41, 5.74) is 7.54. The quantitative estimate of drug-likeness (QED) is 0.800. The maximum absolute atomic E-state index is 6.26. The van der Waals surface area contributed by atoms with Crippen molar-refractivity contribution in [3.63, 3.8) is 0 Å². The lowest BCUT2D eigenvalue weighted by molar-refractivity contribution is 0.322. The third-order valence-electron chi connectivity index (χ3n) is 3.57. The molecular weight excluding hydrogens is 240 g/mol. The first kappa shape index (κ1) is 13.9. The van der Waals surface area contributed by atoms with E-state index in [1.165, 1.54) is 36.4 Å². The number of benzene rings is 1. The minimum Gasteiger partial charge on any atom is -0.324 e. The number of rotatable bonds is 6. The van der Waals surface area contributed by atoms with Gasteiger partial charge >= 0.3 is 0 Å². The van der Waals surface area contributed by atoms with Crippen LogP contribution in [0.4, 0.5) is 0 Å². The normalized spacial score (nSPS) is 18.1. The molecule has 2 rings (SSSR count). The molecule has 0 amide bonds. The summed E-state index contributed by atoms with van der Waals surface area (Å²) in [7, 11) is 0. The summed E-state index contributed by atoms with van der Waals surface area (Å²) >= 11 is 1.88. The van der Waals surface area contributed by atoms with E-state index in [0.29, 0.717) is 0 Å². The third kappa shape index (κ3) is 4.01. The van der Waals surface area contributed by atoms with E-state index in [4.69, 9.17) is 5.73 Å². The van der Waals surface area contributed by atoms with Crippen molar-refractivity contribution in [2.75, 3.05) is 25.4 Å². The largest absolute Gasteiger partial charge is 0.324 e. The number of nitrogens with two attached hydrogens (primary N) is 1. The van der Waals surface area contributed by atoms with Crippen molar-refractivity contribution in [2.45, 2.75) is 37.1 Å². The molecule has 0 radical (unpaired) electrons. The van der Waals surface area contributed by atoms with Gasteiger partial charge in [0.2, 0.25) is 0 Å². The molecule has 1 fully saturated rings. The van der Waals surface area contributed by atoms with E-state index in [-0.39, 0.29) is 6.04 Å². The zero-order valence-electron chi connectivity index (χ0n) is 11.3. The Labute approximate surface area is 115 Å². The van der Waals surface area contributed by atoms with Crippen LogP contribution in [0.1, 0.15) is 37.8 Å². The van der Waals surface area contributed by atoms with Gasteiger partial charge in [-0.25, -0.2) is 0 Å². The second-order valence-corrected chi connectivity index (χ2v) is 6.28. The molecule has 0 spiro atoms. The molecule has 0 aromatic heterocycles. The Bertz CT molecular complexity index is 344. The predicted octanol–water partition coefficient (Wildman–Crippen LogP) is 3.28. The average molecular weight is 264 g/mol. The summed E-state index contributed by atoms with van der Waals surface area (Å²) in [5, 5.41) is 0. The molecule has 18 heavy (non-hydrogen) atoms. The Morgan fingerprint density at radius 1 is 1.22 bits per heavy atom. The molecular formula is C15H24N2S. The molecule has 1 atom stereocenters. The van der Waals surface area contributed by atoms with Gasteiger partial charge in [-0.2, -0.15) is 0 Å². The second-order valence-electron chi connectivity index (χ2n) is 4.95. The molecule has 2 nitrogen and oxygen atoms in total. The van der Waals surface area contributed by atoms with Gasteiger partial charge in [0.05, 0.1) is 0 Å². The van der Waals surface area contributed by atoms with Crippen molar-refractivity contribution in [2.24, 2.45) is 5.73 Å². The molecule has 1 heterocycles. The second kappa shape index (κ2) is 7.17. The lowest BCUT2D eigenvalue weighted by Gasteiger charge is -2.18. The first-order chi connectivity index (χ1) is 8.79. The van der Waals surface area contributed by atoms with Gasteiger partial charge in [-0.15, -0.1) is 11.8 Å². The zero-order valence-corrected chi connectivity index (χ0v) is 12.1. The van der Waals surface area contributed by atoms with Gasteiger partial charge in [-0.3, -0.25) is 0 Å². The van der Waals surface area contributed by atoms with Crippen molar-refractivity contribution in [1.82, 2.24) is 4.90 Å². The minimum atomic E-state index is 0.186. The molecule has 1 aliphatic rings. The van der Waals surface area contributed by atoms with Crippen LogP contribution in [0.15, 0.2) is 29.2 Å². The van der Waals surface area contributed by atoms with Gasteiger partial charge in [-0.1, -0.05) is 19.1 Å². The Morgan fingerprint density at radius 2 is 1.89 bits per heavy atom. The van der Waals surface area contributed by atoms with Crippen LogP contribution in [0.2, 0.25) is 0 Å². The van der Waals surface area contributed by atoms with Gasteiger partial charge in [0.25, 0.3) is 0 Å². The summed E-state index contributed by atoms with van der Waals surface area (Å²) in [6.07, 6.45) is 3.79. The summed E-state index contributed by atoms with van der Waals surface area (Å²) in [4.78, 5) is 3.87. The number of hydrogen-bond acceptors (Lipinski definition) is 3. The first-order valence-electron chi connectivity index (χ1n) is 7.00. The molecule has 0 bridgehead atoms. The Kier molecular flexibility index (Phi) is 5.54. The van der Waals surface area contributed by atoms with Crippen LogP contribution in [0.5, 0.6) is 0 Å². The Balaban J connectivity index is 1.81. The maximum atomic E-state index is 6.26. The Morgan fingerprint density at radius 3 is 2.50 bits per heavy atom. The topological polar surface area (TPSA) is 29.3 Å². The van der Waals surface area contributed by atoms with E-state index in [1.807, 2.05) is 11.8 Å². The molecule has 3 heteroatoms. The highest BCUT2D eigenvalue weighted by Crippen LogP contribution is 2.21. The molecule has 2 N–H and O–H groups in total. The molecule has 1 aromatic carbocycles. The fourth-order valence-electron chi connectivity index (χ4n) is 2.47. The van der Waals surface area contributed by atoms with Crippen LogP contribution in [0.3, 0.4) is 0 Å². The number of nitrogens with zero attached hydrogens (tertiary/aromatic N) is 1. The van der Waals surface area contributed by atoms with Crippen LogP contribution in [0, 0.1) is 0 Å². The van der Waals surface area contributed by atoms with E-state index in [2.05, 4.69) is 36.1 Å². The molecule has 0 aliphatic carbocycles. The van der Waals surface area contributed by atoms with Gasteiger partial charge in [-0.05, 0) is 62.3 Å². The molecule has 0 saturated carbocycles. The number of thioether (sulfide) groups is 1. The highest BCUT2D eigenvalue weighted by Gasteiger charge is 2.13. The fraction of sp³-hybridized carbons (Fsp3) is 0.600. The molecule has 1 aromatic rings. The van der Waals surface area contributed by atoms with E-state index in [9.17, 15) is 0 Å². The average Bonchev–Trinajstić information content (AvgIpc) is 2.90.